The number of carbonyl (C=O) groups is 1. The fraction of sp³-hybridized carbons (Fsp3) is 0.483. The molecule has 1 amide bonds. The quantitative estimate of drug-likeness (QED) is 0.507. The number of halogens is 1. The molecule has 1 spiro atoms. The van der Waals surface area contributed by atoms with Crippen LogP contribution < -0.4 is 4.90 Å². The topological polar surface area (TPSA) is 89.2 Å². The molecule has 2 atom stereocenters. The molecule has 2 heterocycles. The van der Waals surface area contributed by atoms with Crippen LogP contribution in [0.4, 0.5) is 14.9 Å². The number of carbonyl (C=O) groups excluding carboxylic acids is 1. The maximum atomic E-state index is 14.3. The molecule has 1 aromatic rings. The first-order valence-electron chi connectivity index (χ1n) is 12.7. The number of nitriles is 1. The van der Waals surface area contributed by atoms with Crippen LogP contribution >= 0.6 is 0 Å². The standard InChI is InChI=1S/C29H35FN4O3/c1-20(27(3,4)36)16-32-21(2)34-19-29(37-26(34)35)11-8-10-28(5,17-29)18-33-12-7-6-9-22-13-24(30)23(15-31)14-25(22)33/h7,12-14,16,36H,1-2,6,8-11,17-19H2,3-5H3/b32-16-/t28-,29-/m0/s1. The van der Waals surface area contributed by atoms with E-state index in [-0.39, 0.29) is 16.8 Å². The molecule has 2 aliphatic heterocycles. The van der Waals surface area contributed by atoms with E-state index in [1.807, 2.05) is 12.3 Å². The van der Waals surface area contributed by atoms with E-state index >= 15 is 0 Å². The fourth-order valence-corrected chi connectivity index (χ4v) is 5.58. The van der Waals surface area contributed by atoms with Crippen molar-refractivity contribution in [3.8, 4) is 6.07 Å². The summed E-state index contributed by atoms with van der Waals surface area (Å²) in [4.78, 5) is 20.7. The highest BCUT2D eigenvalue weighted by Gasteiger charge is 2.52. The molecular formula is C29H35FN4O3. The SMILES string of the molecule is C=C(/N=C\C(=C)C(C)(C)O)N1C[C@@]2(CCC[C@](C)(CN3C=CCCc4cc(F)c(C#N)cc43)C2)OC1=O. The zero-order valence-corrected chi connectivity index (χ0v) is 21.9. The Morgan fingerprint density at radius 2 is 2.14 bits per heavy atom. The number of amides is 1. The Hall–Kier alpha value is -3.44. The minimum absolute atomic E-state index is 0.0380. The number of nitrogens with zero attached hydrogens (tertiary/aromatic N) is 4. The predicted molar refractivity (Wildman–Crippen MR) is 141 cm³/mol. The number of aliphatic hydroxyl groups is 1. The van der Waals surface area contributed by atoms with Gasteiger partial charge in [-0.15, -0.1) is 0 Å². The van der Waals surface area contributed by atoms with Crippen molar-refractivity contribution in [1.29, 1.82) is 5.26 Å². The molecule has 0 radical (unpaired) electrons. The first-order chi connectivity index (χ1) is 17.3. The average molecular weight is 507 g/mol. The van der Waals surface area contributed by atoms with Crippen LogP contribution in [0.1, 0.15) is 64.0 Å². The number of hydrogen-bond donors (Lipinski definition) is 1. The van der Waals surface area contributed by atoms with Crippen LogP contribution in [-0.2, 0) is 11.2 Å². The lowest BCUT2D eigenvalue weighted by Gasteiger charge is -2.45. The zero-order chi connectivity index (χ0) is 27.0. The van der Waals surface area contributed by atoms with E-state index in [9.17, 15) is 19.6 Å². The summed E-state index contributed by atoms with van der Waals surface area (Å²) in [5.74, 6) is -0.243. The molecule has 0 unspecified atom stereocenters. The van der Waals surface area contributed by atoms with E-state index in [1.54, 1.807) is 19.9 Å². The van der Waals surface area contributed by atoms with E-state index < -0.39 is 23.1 Å². The van der Waals surface area contributed by atoms with Gasteiger partial charge >= 0.3 is 6.09 Å². The molecule has 1 aliphatic carbocycles. The summed E-state index contributed by atoms with van der Waals surface area (Å²) in [5.41, 5.74) is 0.212. The number of ether oxygens (including phenoxy) is 1. The molecular weight excluding hydrogens is 471 g/mol. The van der Waals surface area contributed by atoms with Gasteiger partial charge in [0.25, 0.3) is 0 Å². The van der Waals surface area contributed by atoms with Gasteiger partial charge in [-0.1, -0.05) is 26.2 Å². The summed E-state index contributed by atoms with van der Waals surface area (Å²) >= 11 is 0. The van der Waals surface area contributed by atoms with Gasteiger partial charge in [-0.05, 0) is 81.1 Å². The third-order valence-electron chi connectivity index (χ3n) is 7.61. The van der Waals surface area contributed by atoms with E-state index in [1.165, 1.54) is 17.2 Å². The number of benzene rings is 1. The van der Waals surface area contributed by atoms with Crippen molar-refractivity contribution in [2.24, 2.45) is 10.4 Å². The van der Waals surface area contributed by atoms with Crippen molar-refractivity contribution in [2.45, 2.75) is 70.5 Å². The van der Waals surface area contributed by atoms with Gasteiger partial charge in [0.15, 0.2) is 0 Å². The lowest BCUT2D eigenvalue weighted by molar-refractivity contribution is -0.0187. The van der Waals surface area contributed by atoms with Crippen molar-refractivity contribution in [3.63, 3.8) is 0 Å². The summed E-state index contributed by atoms with van der Waals surface area (Å²) in [6, 6.07) is 5.08. The van der Waals surface area contributed by atoms with Gasteiger partial charge in [0.05, 0.1) is 17.7 Å². The minimum Gasteiger partial charge on any atom is -0.441 e. The van der Waals surface area contributed by atoms with Gasteiger partial charge in [0.1, 0.15) is 23.3 Å². The molecule has 1 N–H and O–H groups in total. The van der Waals surface area contributed by atoms with Crippen LogP contribution in [0.5, 0.6) is 0 Å². The zero-order valence-electron chi connectivity index (χ0n) is 21.9. The molecule has 1 aromatic carbocycles. The summed E-state index contributed by atoms with van der Waals surface area (Å²) in [7, 11) is 0. The summed E-state index contributed by atoms with van der Waals surface area (Å²) in [5, 5.41) is 19.4. The van der Waals surface area contributed by atoms with Crippen LogP contribution in [0.3, 0.4) is 0 Å². The average Bonchev–Trinajstić information content (AvgIpc) is 3.00. The van der Waals surface area contributed by atoms with Gasteiger partial charge in [-0.3, -0.25) is 4.90 Å². The Labute approximate surface area is 218 Å². The third-order valence-corrected chi connectivity index (χ3v) is 7.61. The lowest BCUT2D eigenvalue weighted by atomic mass is 9.68. The highest BCUT2D eigenvalue weighted by Crippen LogP contribution is 2.48. The van der Waals surface area contributed by atoms with Gasteiger partial charge in [-0.25, -0.2) is 14.2 Å². The molecule has 3 aliphatic rings. The third kappa shape index (κ3) is 5.62. The molecule has 0 bridgehead atoms. The molecule has 1 saturated heterocycles. The Morgan fingerprint density at radius 3 is 2.84 bits per heavy atom. The van der Waals surface area contributed by atoms with Crippen LogP contribution in [0.15, 0.2) is 54.0 Å². The molecule has 0 aromatic heterocycles. The van der Waals surface area contributed by atoms with Crippen LogP contribution in [0, 0.1) is 22.6 Å². The Morgan fingerprint density at radius 1 is 1.38 bits per heavy atom. The molecule has 37 heavy (non-hydrogen) atoms. The first kappa shape index (κ1) is 26.6. The molecule has 7 nitrogen and oxygen atoms in total. The monoisotopic (exact) mass is 506 g/mol. The smallest absolute Gasteiger partial charge is 0.416 e. The second-order valence-electron chi connectivity index (χ2n) is 11.4. The lowest BCUT2D eigenvalue weighted by Crippen LogP contribution is -2.47. The highest BCUT2D eigenvalue weighted by molar-refractivity contribution is 5.81. The van der Waals surface area contributed by atoms with E-state index in [0.717, 1.165) is 36.9 Å². The van der Waals surface area contributed by atoms with Crippen LogP contribution in [0.25, 0.3) is 0 Å². The summed E-state index contributed by atoms with van der Waals surface area (Å²) in [6.45, 7) is 14.2. The maximum absolute atomic E-state index is 14.3. The Bertz CT molecular complexity index is 1220. The van der Waals surface area contributed by atoms with Crippen molar-refractivity contribution in [1.82, 2.24) is 4.90 Å². The second kappa shape index (κ2) is 9.79. The van der Waals surface area contributed by atoms with E-state index in [0.29, 0.717) is 31.5 Å². The number of fused-ring (bicyclic) bond motifs is 1. The molecule has 4 rings (SSSR count). The fourth-order valence-electron chi connectivity index (χ4n) is 5.58. The van der Waals surface area contributed by atoms with Crippen molar-refractivity contribution >= 4 is 18.0 Å². The summed E-state index contributed by atoms with van der Waals surface area (Å²) in [6.07, 6.45) is 9.79. The number of anilines is 1. The van der Waals surface area contributed by atoms with Crippen molar-refractivity contribution < 1.29 is 19.0 Å². The molecule has 1 saturated carbocycles. The minimum atomic E-state index is -1.12. The highest BCUT2D eigenvalue weighted by atomic mass is 19.1. The maximum Gasteiger partial charge on any atom is 0.416 e. The molecule has 8 heteroatoms. The largest absolute Gasteiger partial charge is 0.441 e. The van der Waals surface area contributed by atoms with Crippen LogP contribution in [0.2, 0.25) is 0 Å². The van der Waals surface area contributed by atoms with Crippen LogP contribution in [-0.4, -0.2) is 46.6 Å². The number of hydrogen-bond acceptors (Lipinski definition) is 6. The van der Waals surface area contributed by atoms with Crippen molar-refractivity contribution in [2.75, 3.05) is 18.0 Å². The Balaban J connectivity index is 1.52. The Kier molecular flexibility index (Phi) is 7.04. The van der Waals surface area contributed by atoms with Gasteiger partial charge in [-0.2, -0.15) is 5.26 Å². The molecule has 2 fully saturated rings. The second-order valence-corrected chi connectivity index (χ2v) is 11.4. The molecule has 196 valence electrons. The first-order valence-corrected chi connectivity index (χ1v) is 12.7. The number of aliphatic imine (C=N–C) groups is 1. The predicted octanol–water partition coefficient (Wildman–Crippen LogP) is 5.60. The van der Waals surface area contributed by atoms with E-state index in [2.05, 4.69) is 36.0 Å². The number of rotatable bonds is 6. The van der Waals surface area contributed by atoms with Gasteiger partial charge in [0.2, 0.25) is 0 Å². The number of allylic oxidation sites excluding steroid dienone is 1. The normalized spacial score (nSPS) is 25.7. The van der Waals surface area contributed by atoms with Gasteiger partial charge in [0, 0.05) is 24.6 Å². The summed E-state index contributed by atoms with van der Waals surface area (Å²) < 4.78 is 20.3. The van der Waals surface area contributed by atoms with Crippen molar-refractivity contribution in [3.05, 3.63) is 65.9 Å². The van der Waals surface area contributed by atoms with E-state index in [4.69, 9.17) is 4.74 Å². The van der Waals surface area contributed by atoms with Gasteiger partial charge < -0.3 is 14.7 Å². The number of aryl methyl sites for hydroxylation is 1.